The Hall–Kier alpha value is -2.53. The summed E-state index contributed by atoms with van der Waals surface area (Å²) in [5.74, 6) is -1.13. The second kappa shape index (κ2) is 7.36. The molecule has 2 rings (SSSR count). The highest BCUT2D eigenvalue weighted by Crippen LogP contribution is 2.23. The summed E-state index contributed by atoms with van der Waals surface area (Å²) in [5, 5.41) is 14.2. The summed E-state index contributed by atoms with van der Waals surface area (Å²) in [4.78, 5) is 23.2. The molecule has 0 spiro atoms. The Kier molecular flexibility index (Phi) is 5.46. The van der Waals surface area contributed by atoms with Crippen molar-refractivity contribution in [3.05, 3.63) is 58.1 Å². The molecule has 0 bridgehead atoms. The summed E-state index contributed by atoms with van der Waals surface area (Å²) in [5.41, 5.74) is 1.96. The van der Waals surface area contributed by atoms with Gasteiger partial charge in [0.25, 0.3) is 5.91 Å². The molecule has 0 unspecified atom stereocenters. The molecule has 0 aliphatic heterocycles. The van der Waals surface area contributed by atoms with Crippen LogP contribution in [0.1, 0.15) is 28.4 Å². The van der Waals surface area contributed by atoms with E-state index in [-0.39, 0.29) is 11.5 Å². The molecule has 0 heterocycles. The maximum absolute atomic E-state index is 12.3. The minimum absolute atomic E-state index is 0.00184. The van der Waals surface area contributed by atoms with Gasteiger partial charge in [-0.3, -0.25) is 4.79 Å². The van der Waals surface area contributed by atoms with Crippen molar-refractivity contribution < 1.29 is 19.4 Å². The largest absolute Gasteiger partial charge is 0.545 e. The number of ether oxygens (including phenoxy) is 1. The van der Waals surface area contributed by atoms with Gasteiger partial charge in [0, 0.05) is 10.7 Å². The fraction of sp³-hybridized carbons (Fsp3) is 0.222. The van der Waals surface area contributed by atoms with Gasteiger partial charge < -0.3 is 20.0 Å². The number of nitrogens with one attached hydrogen (secondary N) is 1. The van der Waals surface area contributed by atoms with Gasteiger partial charge in [0.05, 0.1) is 5.97 Å². The number of carboxylic acid groups (broad SMARTS) is 1. The van der Waals surface area contributed by atoms with Gasteiger partial charge in [-0.05, 0) is 61.7 Å². The van der Waals surface area contributed by atoms with Gasteiger partial charge in [0.1, 0.15) is 5.75 Å². The first-order valence-electron chi connectivity index (χ1n) is 7.33. The molecule has 2 aromatic rings. The second-order valence-electron chi connectivity index (χ2n) is 5.48. The molecule has 0 aromatic heterocycles. The first kappa shape index (κ1) is 17.8. The van der Waals surface area contributed by atoms with E-state index in [0.717, 1.165) is 11.1 Å². The number of halogens is 1. The van der Waals surface area contributed by atoms with E-state index in [2.05, 4.69) is 5.32 Å². The van der Waals surface area contributed by atoms with Crippen LogP contribution in [0.15, 0.2) is 36.4 Å². The molecule has 0 saturated heterocycles. The van der Waals surface area contributed by atoms with Crippen LogP contribution in [0.3, 0.4) is 0 Å². The SMILES string of the molecule is Cc1ccc(C(=O)[O-])cc1NC(=O)[C@@H](C)Oc1ccc(Cl)cc1C. The molecular weight excluding hydrogens is 330 g/mol. The van der Waals surface area contributed by atoms with Crippen LogP contribution in [0.25, 0.3) is 0 Å². The van der Waals surface area contributed by atoms with Crippen molar-refractivity contribution in [3.8, 4) is 5.75 Å². The van der Waals surface area contributed by atoms with Gasteiger partial charge in [-0.15, -0.1) is 0 Å². The smallest absolute Gasteiger partial charge is 0.265 e. The van der Waals surface area contributed by atoms with Crippen molar-refractivity contribution in [1.29, 1.82) is 0 Å². The summed E-state index contributed by atoms with van der Waals surface area (Å²) in [6.07, 6.45) is -0.768. The van der Waals surface area contributed by atoms with Gasteiger partial charge in [0.15, 0.2) is 6.10 Å². The lowest BCUT2D eigenvalue weighted by atomic mass is 10.1. The van der Waals surface area contributed by atoms with Crippen LogP contribution in [0.4, 0.5) is 5.69 Å². The highest BCUT2D eigenvalue weighted by Gasteiger charge is 2.17. The maximum atomic E-state index is 12.3. The molecule has 1 amide bonds. The Morgan fingerprint density at radius 1 is 1.12 bits per heavy atom. The zero-order chi connectivity index (χ0) is 17.9. The lowest BCUT2D eigenvalue weighted by Gasteiger charge is -2.17. The fourth-order valence-corrected chi connectivity index (χ4v) is 2.33. The van der Waals surface area contributed by atoms with E-state index in [0.29, 0.717) is 16.5 Å². The number of aryl methyl sites for hydroxylation is 2. The van der Waals surface area contributed by atoms with E-state index in [1.165, 1.54) is 12.1 Å². The van der Waals surface area contributed by atoms with Gasteiger partial charge in [-0.1, -0.05) is 23.7 Å². The zero-order valence-electron chi connectivity index (χ0n) is 13.6. The van der Waals surface area contributed by atoms with Crippen molar-refractivity contribution >= 4 is 29.2 Å². The fourth-order valence-electron chi connectivity index (χ4n) is 2.11. The van der Waals surface area contributed by atoms with Crippen molar-refractivity contribution in [2.24, 2.45) is 0 Å². The average molecular weight is 347 g/mol. The number of carbonyl (C=O) groups is 2. The number of carbonyl (C=O) groups excluding carboxylic acids is 2. The molecule has 0 radical (unpaired) electrons. The maximum Gasteiger partial charge on any atom is 0.265 e. The van der Waals surface area contributed by atoms with Crippen LogP contribution >= 0.6 is 11.6 Å². The summed E-state index contributed by atoms with van der Waals surface area (Å²) < 4.78 is 5.65. The highest BCUT2D eigenvalue weighted by molar-refractivity contribution is 6.30. The molecule has 0 aliphatic carbocycles. The van der Waals surface area contributed by atoms with E-state index in [4.69, 9.17) is 16.3 Å². The summed E-state index contributed by atoms with van der Waals surface area (Å²) in [7, 11) is 0. The monoisotopic (exact) mass is 346 g/mol. The normalized spacial score (nSPS) is 11.7. The van der Waals surface area contributed by atoms with Crippen LogP contribution in [-0.2, 0) is 4.79 Å². The van der Waals surface area contributed by atoms with Crippen LogP contribution in [0.5, 0.6) is 5.75 Å². The van der Waals surface area contributed by atoms with E-state index in [9.17, 15) is 14.7 Å². The molecule has 1 N–H and O–H groups in total. The Labute approximate surface area is 145 Å². The minimum Gasteiger partial charge on any atom is -0.545 e. The van der Waals surface area contributed by atoms with E-state index >= 15 is 0 Å². The first-order chi connectivity index (χ1) is 11.3. The summed E-state index contributed by atoms with van der Waals surface area (Å²) in [6, 6.07) is 9.52. The third kappa shape index (κ3) is 4.26. The van der Waals surface area contributed by atoms with E-state index < -0.39 is 12.1 Å². The Morgan fingerprint density at radius 3 is 2.46 bits per heavy atom. The number of amides is 1. The number of rotatable bonds is 5. The molecule has 2 aromatic carbocycles. The van der Waals surface area contributed by atoms with Crippen LogP contribution in [0, 0.1) is 13.8 Å². The molecule has 0 aliphatic rings. The molecule has 0 fully saturated rings. The summed E-state index contributed by atoms with van der Waals surface area (Å²) >= 11 is 5.89. The number of anilines is 1. The number of benzene rings is 2. The molecule has 1 atom stereocenters. The third-order valence-corrected chi connectivity index (χ3v) is 3.78. The predicted molar refractivity (Wildman–Crippen MR) is 90.4 cm³/mol. The number of hydrogen-bond donors (Lipinski definition) is 1. The lowest BCUT2D eigenvalue weighted by Crippen LogP contribution is -2.31. The van der Waals surface area contributed by atoms with Gasteiger partial charge in [0.2, 0.25) is 0 Å². The van der Waals surface area contributed by atoms with Crippen LogP contribution in [0.2, 0.25) is 5.02 Å². The van der Waals surface area contributed by atoms with Gasteiger partial charge in [-0.2, -0.15) is 0 Å². The summed E-state index contributed by atoms with van der Waals surface area (Å²) in [6.45, 7) is 5.21. The quantitative estimate of drug-likeness (QED) is 0.902. The third-order valence-electron chi connectivity index (χ3n) is 3.54. The van der Waals surface area contributed by atoms with E-state index in [1.54, 1.807) is 38.1 Å². The number of aromatic carboxylic acids is 1. The Bertz CT molecular complexity index is 789. The average Bonchev–Trinajstić information content (AvgIpc) is 2.51. The molecular formula is C18H17ClNO4-. The highest BCUT2D eigenvalue weighted by atomic mass is 35.5. The Morgan fingerprint density at radius 2 is 1.83 bits per heavy atom. The second-order valence-corrected chi connectivity index (χ2v) is 5.91. The standard InChI is InChI=1S/C18H18ClNO4/c1-10-4-5-13(18(22)23)9-15(10)20-17(21)12(3)24-16-7-6-14(19)8-11(16)2/h4-9,12H,1-3H3,(H,20,21)(H,22,23)/p-1/t12-/m1/s1. The van der Waals surface area contributed by atoms with Crippen molar-refractivity contribution in [2.75, 3.05) is 5.32 Å². The molecule has 5 nitrogen and oxygen atoms in total. The molecule has 24 heavy (non-hydrogen) atoms. The zero-order valence-corrected chi connectivity index (χ0v) is 14.3. The number of carboxylic acids is 1. The van der Waals surface area contributed by atoms with Crippen molar-refractivity contribution in [3.63, 3.8) is 0 Å². The topological polar surface area (TPSA) is 78.5 Å². The van der Waals surface area contributed by atoms with Gasteiger partial charge in [-0.25, -0.2) is 0 Å². The number of hydrogen-bond acceptors (Lipinski definition) is 4. The molecule has 6 heteroatoms. The Balaban J connectivity index is 2.11. The predicted octanol–water partition coefficient (Wildman–Crippen LogP) is 2.73. The molecule has 0 saturated carbocycles. The van der Waals surface area contributed by atoms with Crippen LogP contribution in [-0.4, -0.2) is 18.0 Å². The van der Waals surface area contributed by atoms with Crippen molar-refractivity contribution in [1.82, 2.24) is 0 Å². The minimum atomic E-state index is -1.30. The van der Waals surface area contributed by atoms with Crippen LogP contribution < -0.4 is 15.2 Å². The van der Waals surface area contributed by atoms with Crippen molar-refractivity contribution in [2.45, 2.75) is 26.9 Å². The van der Waals surface area contributed by atoms with E-state index in [1.807, 2.05) is 6.92 Å². The first-order valence-corrected chi connectivity index (χ1v) is 7.71. The lowest BCUT2D eigenvalue weighted by molar-refractivity contribution is -0.255. The van der Waals surface area contributed by atoms with Gasteiger partial charge >= 0.3 is 0 Å². The molecule has 126 valence electrons.